The predicted molar refractivity (Wildman–Crippen MR) is 219 cm³/mol. The lowest BCUT2D eigenvalue weighted by atomic mass is 9.70. The molecule has 8 aromatic carbocycles. The van der Waals surface area contributed by atoms with Gasteiger partial charge in [-0.3, -0.25) is 0 Å². The summed E-state index contributed by atoms with van der Waals surface area (Å²) in [6.45, 7) is 0. The number of benzene rings is 8. The molecule has 2 nitrogen and oxygen atoms in total. The first-order valence-electron chi connectivity index (χ1n) is 18.4. The molecule has 1 spiro atoms. The van der Waals surface area contributed by atoms with Gasteiger partial charge in [0.2, 0.25) is 0 Å². The molecule has 2 aliphatic carbocycles. The molecule has 2 heteroatoms. The average molecular weight is 673 g/mol. The Hall–Kier alpha value is -6.90. The van der Waals surface area contributed by atoms with Crippen LogP contribution in [0, 0.1) is 0 Å². The third-order valence-electron chi connectivity index (χ3n) is 12.0. The molecule has 2 aliphatic rings. The maximum atomic E-state index is 2.47. The molecular weight excluding hydrogens is 641 g/mol. The summed E-state index contributed by atoms with van der Waals surface area (Å²) in [5, 5.41) is 3.79. The van der Waals surface area contributed by atoms with E-state index < -0.39 is 0 Å². The van der Waals surface area contributed by atoms with Crippen molar-refractivity contribution in [3.8, 4) is 44.8 Å². The molecule has 0 fully saturated rings. The van der Waals surface area contributed by atoms with Gasteiger partial charge in [0.15, 0.2) is 0 Å². The fourth-order valence-corrected chi connectivity index (χ4v) is 9.84. The van der Waals surface area contributed by atoms with E-state index in [1.807, 2.05) is 0 Å². The van der Waals surface area contributed by atoms with E-state index in [0.717, 1.165) is 5.69 Å². The number of para-hydroxylation sites is 2. The molecule has 246 valence electrons. The number of hydrogen-bond donors (Lipinski definition) is 0. The first-order valence-corrected chi connectivity index (χ1v) is 18.4. The van der Waals surface area contributed by atoms with E-state index in [2.05, 4.69) is 203 Å². The van der Waals surface area contributed by atoms with Crippen LogP contribution < -0.4 is 0 Å². The summed E-state index contributed by atoms with van der Waals surface area (Å²) in [6.07, 6.45) is 2.22. The maximum Gasteiger partial charge on any atom is 0.0725 e. The SMILES string of the molecule is c1ccc(-n2c3ccccc3c3ccc4c(ccn4-c4ccc(-c5ccc6c(c5)C5(c7ccccc7-c7ccccc75)c5ccccc5-6)cc4)c32)cc1. The van der Waals surface area contributed by atoms with Crippen LogP contribution in [-0.4, -0.2) is 9.13 Å². The Morgan fingerprint density at radius 1 is 0.340 bits per heavy atom. The minimum absolute atomic E-state index is 0.341. The van der Waals surface area contributed by atoms with Crippen molar-refractivity contribution in [3.05, 3.63) is 217 Å². The molecule has 0 atom stereocenters. The second-order valence-corrected chi connectivity index (χ2v) is 14.5. The Kier molecular flexibility index (Phi) is 5.73. The van der Waals surface area contributed by atoms with Gasteiger partial charge in [-0.2, -0.15) is 0 Å². The van der Waals surface area contributed by atoms with Gasteiger partial charge < -0.3 is 9.13 Å². The van der Waals surface area contributed by atoms with E-state index >= 15 is 0 Å². The van der Waals surface area contributed by atoms with Gasteiger partial charge in [0, 0.05) is 33.7 Å². The van der Waals surface area contributed by atoms with Crippen LogP contribution in [0.5, 0.6) is 0 Å². The van der Waals surface area contributed by atoms with Gasteiger partial charge >= 0.3 is 0 Å². The quantitative estimate of drug-likeness (QED) is 0.177. The highest BCUT2D eigenvalue weighted by molar-refractivity contribution is 6.18. The van der Waals surface area contributed by atoms with Crippen molar-refractivity contribution in [2.45, 2.75) is 5.41 Å². The van der Waals surface area contributed by atoms with Crippen molar-refractivity contribution >= 4 is 32.7 Å². The van der Waals surface area contributed by atoms with E-state index in [-0.39, 0.29) is 5.41 Å². The first kappa shape index (κ1) is 28.8. The van der Waals surface area contributed by atoms with Crippen molar-refractivity contribution in [1.82, 2.24) is 9.13 Å². The smallest absolute Gasteiger partial charge is 0.0725 e. The zero-order valence-electron chi connectivity index (χ0n) is 28.9. The third kappa shape index (κ3) is 3.72. The molecule has 10 aromatic rings. The molecule has 0 unspecified atom stereocenters. The van der Waals surface area contributed by atoms with Crippen molar-refractivity contribution < 1.29 is 0 Å². The highest BCUT2D eigenvalue weighted by Crippen LogP contribution is 2.63. The zero-order chi connectivity index (χ0) is 34.7. The van der Waals surface area contributed by atoms with Crippen LogP contribution in [0.25, 0.3) is 77.5 Å². The van der Waals surface area contributed by atoms with Crippen molar-refractivity contribution in [2.75, 3.05) is 0 Å². The van der Waals surface area contributed by atoms with Crippen LogP contribution in [0.15, 0.2) is 194 Å². The van der Waals surface area contributed by atoms with Gasteiger partial charge in [-0.15, -0.1) is 0 Å². The highest BCUT2D eigenvalue weighted by Gasteiger charge is 2.51. The van der Waals surface area contributed by atoms with Gasteiger partial charge in [-0.1, -0.05) is 140 Å². The van der Waals surface area contributed by atoms with Gasteiger partial charge in [-0.05, 0) is 104 Å². The van der Waals surface area contributed by atoms with Crippen LogP contribution in [0.1, 0.15) is 22.3 Å². The fourth-order valence-electron chi connectivity index (χ4n) is 9.84. The summed E-state index contributed by atoms with van der Waals surface area (Å²) in [5.41, 5.74) is 18.9. The van der Waals surface area contributed by atoms with Crippen LogP contribution >= 0.6 is 0 Å². The molecule has 0 radical (unpaired) electrons. The lowest BCUT2D eigenvalue weighted by molar-refractivity contribution is 0.794. The average Bonchev–Trinajstić information content (AvgIpc) is 3.97. The van der Waals surface area contributed by atoms with Gasteiger partial charge in [0.1, 0.15) is 0 Å². The van der Waals surface area contributed by atoms with Crippen LogP contribution in [0.2, 0.25) is 0 Å². The molecule has 2 aromatic heterocycles. The summed E-state index contributed by atoms with van der Waals surface area (Å²) in [4.78, 5) is 0. The minimum atomic E-state index is -0.341. The minimum Gasteiger partial charge on any atom is -0.316 e. The van der Waals surface area contributed by atoms with Gasteiger partial charge in [-0.25, -0.2) is 0 Å². The zero-order valence-corrected chi connectivity index (χ0v) is 28.9. The molecule has 53 heavy (non-hydrogen) atoms. The summed E-state index contributed by atoms with van der Waals surface area (Å²) >= 11 is 0. The summed E-state index contributed by atoms with van der Waals surface area (Å²) < 4.78 is 4.74. The predicted octanol–water partition coefficient (Wildman–Crippen LogP) is 12.7. The largest absolute Gasteiger partial charge is 0.316 e. The van der Waals surface area contributed by atoms with Gasteiger partial charge in [0.25, 0.3) is 0 Å². The number of aromatic nitrogens is 2. The van der Waals surface area contributed by atoms with E-state index in [0.29, 0.717) is 0 Å². The molecule has 0 aliphatic heterocycles. The third-order valence-corrected chi connectivity index (χ3v) is 12.0. The van der Waals surface area contributed by atoms with E-state index in [9.17, 15) is 0 Å². The number of hydrogen-bond acceptors (Lipinski definition) is 0. The topological polar surface area (TPSA) is 9.86 Å². The standard InChI is InChI=1S/C51H32N2/c1-2-12-36(13-3-1)53-49-21-11-7-17-41(49)42-28-29-48-43(50(42)53)30-31-52(48)35-25-22-33(23-26-35)34-24-27-40-39-16-6-10-20-46(39)51(47(40)32-34)44-18-8-4-14-37(44)38-15-5-9-19-45(38)51/h1-32H. The first-order chi connectivity index (χ1) is 26.3. The van der Waals surface area contributed by atoms with Crippen molar-refractivity contribution in [2.24, 2.45) is 0 Å². The van der Waals surface area contributed by atoms with Crippen LogP contribution in [0.4, 0.5) is 0 Å². The number of rotatable bonds is 3. The molecule has 0 N–H and O–H groups in total. The Morgan fingerprint density at radius 2 is 0.925 bits per heavy atom. The molecule has 0 saturated carbocycles. The Labute approximate surface area is 307 Å². The lowest BCUT2D eigenvalue weighted by Gasteiger charge is -2.30. The highest BCUT2D eigenvalue weighted by atomic mass is 15.0. The van der Waals surface area contributed by atoms with Crippen LogP contribution in [-0.2, 0) is 5.41 Å². The molecular formula is C51H32N2. The summed E-state index contributed by atoms with van der Waals surface area (Å²) in [6, 6.07) is 69.6. The van der Waals surface area contributed by atoms with E-state index in [1.54, 1.807) is 0 Å². The molecule has 0 bridgehead atoms. The molecule has 2 heterocycles. The monoisotopic (exact) mass is 672 g/mol. The summed E-state index contributed by atoms with van der Waals surface area (Å²) in [5.74, 6) is 0. The normalized spacial score (nSPS) is 13.4. The second kappa shape index (κ2) is 10.6. The fraction of sp³-hybridized carbons (Fsp3) is 0.0196. The van der Waals surface area contributed by atoms with E-state index in [1.165, 1.54) is 94.0 Å². The second-order valence-electron chi connectivity index (χ2n) is 14.5. The lowest BCUT2D eigenvalue weighted by Crippen LogP contribution is -2.25. The number of nitrogens with zero attached hydrogens (tertiary/aromatic N) is 2. The molecule has 0 amide bonds. The summed E-state index contributed by atoms with van der Waals surface area (Å²) in [7, 11) is 0. The Morgan fingerprint density at radius 3 is 1.62 bits per heavy atom. The number of fused-ring (bicyclic) bond motifs is 15. The molecule has 12 rings (SSSR count). The van der Waals surface area contributed by atoms with E-state index in [4.69, 9.17) is 0 Å². The van der Waals surface area contributed by atoms with Crippen molar-refractivity contribution in [3.63, 3.8) is 0 Å². The maximum absolute atomic E-state index is 2.47. The van der Waals surface area contributed by atoms with Crippen LogP contribution in [0.3, 0.4) is 0 Å². The van der Waals surface area contributed by atoms with Gasteiger partial charge in [0.05, 0.1) is 22.0 Å². The Balaban J connectivity index is 0.998. The Bertz CT molecular complexity index is 3040. The molecule has 0 saturated heterocycles. The van der Waals surface area contributed by atoms with Crippen molar-refractivity contribution in [1.29, 1.82) is 0 Å².